The average Bonchev–Trinajstić information content (AvgIpc) is 2.02. The van der Waals surface area contributed by atoms with Gasteiger partial charge >= 0.3 is 8.56 Å². The fourth-order valence-electron chi connectivity index (χ4n) is 1.97. The summed E-state index contributed by atoms with van der Waals surface area (Å²) in [5.74, 6) is 0. The van der Waals surface area contributed by atoms with E-state index in [4.69, 9.17) is 8.85 Å². The standard InChI is InChI=1S/C10H22O2Si/c1-5-7-10-8-9(6-2)11-13(3,4)12-10/h9-10H,5-8H2,1-4H3. The first-order valence-electron chi connectivity index (χ1n) is 5.43. The van der Waals surface area contributed by atoms with Crippen molar-refractivity contribution in [2.45, 2.75) is 64.8 Å². The molecule has 2 nitrogen and oxygen atoms in total. The second-order valence-electron chi connectivity index (χ2n) is 4.31. The zero-order valence-electron chi connectivity index (χ0n) is 9.30. The molecule has 3 heteroatoms. The van der Waals surface area contributed by atoms with Crippen molar-refractivity contribution in [3.05, 3.63) is 0 Å². The summed E-state index contributed by atoms with van der Waals surface area (Å²) in [6, 6.07) is 0. The van der Waals surface area contributed by atoms with Crippen LogP contribution in [0.15, 0.2) is 0 Å². The van der Waals surface area contributed by atoms with Gasteiger partial charge in [0, 0.05) is 12.2 Å². The normalized spacial score (nSPS) is 33.2. The van der Waals surface area contributed by atoms with Gasteiger partial charge in [-0.05, 0) is 32.4 Å². The van der Waals surface area contributed by atoms with Crippen LogP contribution in [0.1, 0.15) is 39.5 Å². The molecular formula is C10H22O2Si. The zero-order valence-corrected chi connectivity index (χ0v) is 10.3. The maximum absolute atomic E-state index is 5.96. The molecule has 1 heterocycles. The Morgan fingerprint density at radius 1 is 1.15 bits per heavy atom. The quantitative estimate of drug-likeness (QED) is 0.655. The lowest BCUT2D eigenvalue weighted by Crippen LogP contribution is -2.48. The Bertz CT molecular complexity index is 159. The molecule has 0 aromatic carbocycles. The topological polar surface area (TPSA) is 18.5 Å². The van der Waals surface area contributed by atoms with Crippen molar-refractivity contribution >= 4 is 8.56 Å². The predicted molar refractivity (Wildman–Crippen MR) is 57.0 cm³/mol. The van der Waals surface area contributed by atoms with Gasteiger partial charge in [0.15, 0.2) is 0 Å². The van der Waals surface area contributed by atoms with Crippen LogP contribution in [-0.4, -0.2) is 20.8 Å². The molecule has 1 aliphatic rings. The first-order valence-corrected chi connectivity index (χ1v) is 8.24. The van der Waals surface area contributed by atoms with Gasteiger partial charge in [-0.2, -0.15) is 0 Å². The van der Waals surface area contributed by atoms with E-state index in [1.54, 1.807) is 0 Å². The van der Waals surface area contributed by atoms with E-state index in [1.807, 2.05) is 0 Å². The molecule has 0 aromatic rings. The van der Waals surface area contributed by atoms with Crippen LogP contribution in [0.25, 0.3) is 0 Å². The van der Waals surface area contributed by atoms with Gasteiger partial charge in [-0.3, -0.25) is 0 Å². The molecule has 2 unspecified atom stereocenters. The molecule has 0 spiro atoms. The van der Waals surface area contributed by atoms with E-state index in [-0.39, 0.29) is 0 Å². The van der Waals surface area contributed by atoms with Crippen LogP contribution in [0.5, 0.6) is 0 Å². The van der Waals surface area contributed by atoms with Gasteiger partial charge in [0.05, 0.1) is 0 Å². The van der Waals surface area contributed by atoms with Crippen LogP contribution in [0.3, 0.4) is 0 Å². The molecule has 1 rings (SSSR count). The third kappa shape index (κ3) is 3.41. The maximum atomic E-state index is 5.96. The molecule has 1 saturated heterocycles. The minimum absolute atomic E-state index is 0.451. The van der Waals surface area contributed by atoms with Gasteiger partial charge in [0.25, 0.3) is 0 Å². The minimum atomic E-state index is -1.77. The second kappa shape index (κ2) is 4.58. The molecule has 0 amide bonds. The zero-order chi connectivity index (χ0) is 9.90. The smallest absolute Gasteiger partial charge is 0.332 e. The van der Waals surface area contributed by atoms with Crippen molar-refractivity contribution in [3.63, 3.8) is 0 Å². The third-order valence-electron chi connectivity index (χ3n) is 2.49. The van der Waals surface area contributed by atoms with Crippen molar-refractivity contribution in [1.29, 1.82) is 0 Å². The van der Waals surface area contributed by atoms with E-state index in [0.717, 1.165) is 12.8 Å². The van der Waals surface area contributed by atoms with Crippen LogP contribution in [0.2, 0.25) is 13.1 Å². The minimum Gasteiger partial charge on any atom is -0.391 e. The Hall–Kier alpha value is 0.137. The molecule has 0 saturated carbocycles. The molecule has 0 aliphatic carbocycles. The van der Waals surface area contributed by atoms with Gasteiger partial charge < -0.3 is 8.85 Å². The van der Waals surface area contributed by atoms with Crippen LogP contribution in [0.4, 0.5) is 0 Å². The molecule has 0 bridgehead atoms. The van der Waals surface area contributed by atoms with Gasteiger partial charge in [-0.25, -0.2) is 0 Å². The fraction of sp³-hybridized carbons (Fsp3) is 1.00. The van der Waals surface area contributed by atoms with Gasteiger partial charge in [-0.1, -0.05) is 20.3 Å². The Labute approximate surface area is 82.9 Å². The van der Waals surface area contributed by atoms with Crippen LogP contribution < -0.4 is 0 Å². The molecule has 2 atom stereocenters. The molecular weight excluding hydrogens is 180 g/mol. The summed E-state index contributed by atoms with van der Waals surface area (Å²) in [4.78, 5) is 0. The molecule has 0 N–H and O–H groups in total. The first kappa shape index (κ1) is 11.2. The monoisotopic (exact) mass is 202 g/mol. The number of rotatable bonds is 3. The Balaban J connectivity index is 2.49. The summed E-state index contributed by atoms with van der Waals surface area (Å²) in [5.41, 5.74) is 0. The van der Waals surface area contributed by atoms with Crippen LogP contribution in [-0.2, 0) is 8.85 Å². The van der Waals surface area contributed by atoms with Gasteiger partial charge in [-0.15, -0.1) is 0 Å². The van der Waals surface area contributed by atoms with Crippen molar-refractivity contribution in [3.8, 4) is 0 Å². The Kier molecular flexibility index (Phi) is 3.95. The van der Waals surface area contributed by atoms with Crippen LogP contribution >= 0.6 is 0 Å². The van der Waals surface area contributed by atoms with Crippen molar-refractivity contribution in [1.82, 2.24) is 0 Å². The Morgan fingerprint density at radius 2 is 1.77 bits per heavy atom. The van der Waals surface area contributed by atoms with Crippen molar-refractivity contribution < 1.29 is 8.85 Å². The lowest BCUT2D eigenvalue weighted by molar-refractivity contribution is -0.00107. The summed E-state index contributed by atoms with van der Waals surface area (Å²) < 4.78 is 11.9. The Morgan fingerprint density at radius 3 is 2.31 bits per heavy atom. The number of hydrogen-bond acceptors (Lipinski definition) is 2. The summed E-state index contributed by atoms with van der Waals surface area (Å²) in [7, 11) is -1.77. The molecule has 0 aromatic heterocycles. The summed E-state index contributed by atoms with van der Waals surface area (Å²) in [6.45, 7) is 8.72. The fourth-order valence-corrected chi connectivity index (χ4v) is 4.11. The molecule has 13 heavy (non-hydrogen) atoms. The predicted octanol–water partition coefficient (Wildman–Crippen LogP) is 3.07. The maximum Gasteiger partial charge on any atom is 0.332 e. The summed E-state index contributed by atoms with van der Waals surface area (Å²) in [6.07, 6.45) is 5.54. The highest BCUT2D eigenvalue weighted by Gasteiger charge is 2.36. The lowest BCUT2D eigenvalue weighted by atomic mass is 10.1. The van der Waals surface area contributed by atoms with Gasteiger partial charge in [0.2, 0.25) is 0 Å². The van der Waals surface area contributed by atoms with E-state index >= 15 is 0 Å². The average molecular weight is 202 g/mol. The van der Waals surface area contributed by atoms with E-state index < -0.39 is 8.56 Å². The largest absolute Gasteiger partial charge is 0.391 e. The van der Waals surface area contributed by atoms with Crippen LogP contribution in [0, 0.1) is 0 Å². The summed E-state index contributed by atoms with van der Waals surface area (Å²) in [5, 5.41) is 0. The highest BCUT2D eigenvalue weighted by atomic mass is 28.4. The highest BCUT2D eigenvalue weighted by Crippen LogP contribution is 2.27. The number of hydrogen-bond donors (Lipinski definition) is 0. The summed E-state index contributed by atoms with van der Waals surface area (Å²) >= 11 is 0. The van der Waals surface area contributed by atoms with E-state index in [2.05, 4.69) is 26.9 Å². The first-order chi connectivity index (χ1) is 6.07. The molecule has 1 fully saturated rings. The SMILES string of the molecule is CCCC1CC(CC)O[Si](C)(C)O1. The lowest BCUT2D eigenvalue weighted by Gasteiger charge is -2.39. The van der Waals surface area contributed by atoms with Crippen molar-refractivity contribution in [2.24, 2.45) is 0 Å². The van der Waals surface area contributed by atoms with E-state index in [1.165, 1.54) is 12.8 Å². The van der Waals surface area contributed by atoms with E-state index in [0.29, 0.717) is 12.2 Å². The molecule has 78 valence electrons. The molecule has 0 radical (unpaired) electrons. The van der Waals surface area contributed by atoms with Gasteiger partial charge in [0.1, 0.15) is 0 Å². The van der Waals surface area contributed by atoms with E-state index in [9.17, 15) is 0 Å². The molecule has 1 aliphatic heterocycles. The van der Waals surface area contributed by atoms with Crippen molar-refractivity contribution in [2.75, 3.05) is 0 Å². The highest BCUT2D eigenvalue weighted by molar-refractivity contribution is 6.64. The second-order valence-corrected chi connectivity index (χ2v) is 7.58. The third-order valence-corrected chi connectivity index (χ3v) is 4.29.